The average Bonchev–Trinajstić information content (AvgIpc) is 2.45. The molecule has 0 saturated heterocycles. The van der Waals surface area contributed by atoms with Crippen LogP contribution in [-0.4, -0.2) is 16.5 Å². The first-order valence-electron chi connectivity index (χ1n) is 5.86. The van der Waals surface area contributed by atoms with Crippen LogP contribution < -0.4 is 10.6 Å². The van der Waals surface area contributed by atoms with Gasteiger partial charge in [-0.05, 0) is 41.1 Å². The van der Waals surface area contributed by atoms with Crippen LogP contribution in [0.1, 0.15) is 12.5 Å². The Bertz CT molecular complexity index is 668. The van der Waals surface area contributed by atoms with E-state index >= 15 is 0 Å². The minimum absolute atomic E-state index is 0.513. The second-order valence-electron chi connectivity index (χ2n) is 3.85. The van der Waals surface area contributed by atoms with Gasteiger partial charge in [0, 0.05) is 6.54 Å². The highest BCUT2D eigenvalue weighted by molar-refractivity contribution is 9.10. The Labute approximate surface area is 130 Å². The molecule has 0 saturated carbocycles. The lowest BCUT2D eigenvalue weighted by Crippen LogP contribution is -2.04. The summed E-state index contributed by atoms with van der Waals surface area (Å²) >= 11 is 9.55. The van der Waals surface area contributed by atoms with Crippen molar-refractivity contribution in [3.63, 3.8) is 0 Å². The van der Waals surface area contributed by atoms with E-state index in [1.54, 1.807) is 18.2 Å². The number of rotatable bonds is 4. The Morgan fingerprint density at radius 2 is 2.10 bits per heavy atom. The summed E-state index contributed by atoms with van der Waals surface area (Å²) in [6, 6.07) is 7.07. The number of anilines is 3. The molecule has 20 heavy (non-hydrogen) atoms. The summed E-state index contributed by atoms with van der Waals surface area (Å²) in [7, 11) is 0. The number of aromatic nitrogens is 2. The molecule has 1 aromatic heterocycles. The molecule has 0 aliphatic heterocycles. The van der Waals surface area contributed by atoms with Crippen molar-refractivity contribution < 1.29 is 0 Å². The molecule has 0 bridgehead atoms. The second-order valence-corrected chi connectivity index (χ2v) is 5.05. The van der Waals surface area contributed by atoms with E-state index in [4.69, 9.17) is 16.9 Å². The van der Waals surface area contributed by atoms with Crippen LogP contribution in [0.3, 0.4) is 0 Å². The smallest absolute Gasteiger partial charge is 0.150 e. The highest BCUT2D eigenvalue weighted by atomic mass is 79.9. The zero-order valence-electron chi connectivity index (χ0n) is 10.6. The molecule has 0 radical (unpaired) electrons. The van der Waals surface area contributed by atoms with Crippen LogP contribution in [0, 0.1) is 11.3 Å². The Morgan fingerprint density at radius 3 is 2.80 bits per heavy atom. The molecule has 0 atom stereocenters. The molecule has 0 unspecified atom stereocenters. The standard InChI is InChI=1S/C13H11BrClN5/c1-2-17-12-11(14)13(19-7-18-12)20-10-5-8(6-16)3-4-9(10)15/h3-5,7H,2H2,1H3,(H2,17,18,19,20). The summed E-state index contributed by atoms with van der Waals surface area (Å²) < 4.78 is 0.709. The maximum atomic E-state index is 8.92. The van der Waals surface area contributed by atoms with E-state index in [2.05, 4.69) is 42.6 Å². The zero-order valence-corrected chi connectivity index (χ0v) is 13.0. The molecule has 2 rings (SSSR count). The third-order valence-corrected chi connectivity index (χ3v) is 3.56. The molecule has 1 heterocycles. The van der Waals surface area contributed by atoms with Crippen LogP contribution in [0.2, 0.25) is 5.02 Å². The van der Waals surface area contributed by atoms with Crippen molar-refractivity contribution in [1.29, 1.82) is 5.26 Å². The summed E-state index contributed by atoms with van der Waals surface area (Å²) in [4.78, 5) is 8.29. The van der Waals surface area contributed by atoms with Gasteiger partial charge in [0.25, 0.3) is 0 Å². The van der Waals surface area contributed by atoms with E-state index in [9.17, 15) is 0 Å². The van der Waals surface area contributed by atoms with Crippen molar-refractivity contribution in [3.05, 3.63) is 39.6 Å². The maximum absolute atomic E-state index is 8.92. The zero-order chi connectivity index (χ0) is 14.5. The van der Waals surface area contributed by atoms with Gasteiger partial charge in [0.15, 0.2) is 0 Å². The van der Waals surface area contributed by atoms with E-state index in [1.807, 2.05) is 6.92 Å². The monoisotopic (exact) mass is 351 g/mol. The van der Waals surface area contributed by atoms with Crippen LogP contribution >= 0.6 is 27.5 Å². The number of nitrogens with zero attached hydrogens (tertiary/aromatic N) is 3. The van der Waals surface area contributed by atoms with Crippen molar-refractivity contribution in [2.45, 2.75) is 6.92 Å². The highest BCUT2D eigenvalue weighted by Crippen LogP contribution is 2.31. The van der Waals surface area contributed by atoms with E-state index in [-0.39, 0.29) is 0 Å². The number of nitriles is 1. The van der Waals surface area contributed by atoms with E-state index in [0.717, 1.165) is 6.54 Å². The van der Waals surface area contributed by atoms with Crippen molar-refractivity contribution in [3.8, 4) is 6.07 Å². The Kier molecular flexibility index (Phi) is 4.77. The molecular weight excluding hydrogens is 342 g/mol. The average molecular weight is 353 g/mol. The molecular formula is C13H11BrClN5. The molecule has 0 aliphatic rings. The van der Waals surface area contributed by atoms with Gasteiger partial charge in [0.2, 0.25) is 0 Å². The quantitative estimate of drug-likeness (QED) is 0.872. The molecule has 0 fully saturated rings. The third kappa shape index (κ3) is 3.18. The predicted molar refractivity (Wildman–Crippen MR) is 83.3 cm³/mol. The fraction of sp³-hybridized carbons (Fsp3) is 0.154. The number of hydrogen-bond donors (Lipinski definition) is 2. The van der Waals surface area contributed by atoms with E-state index in [1.165, 1.54) is 6.33 Å². The minimum Gasteiger partial charge on any atom is -0.369 e. The fourth-order valence-electron chi connectivity index (χ4n) is 1.57. The molecule has 0 spiro atoms. The third-order valence-electron chi connectivity index (χ3n) is 2.48. The van der Waals surface area contributed by atoms with Gasteiger partial charge in [-0.1, -0.05) is 11.6 Å². The van der Waals surface area contributed by atoms with Crippen LogP contribution in [-0.2, 0) is 0 Å². The van der Waals surface area contributed by atoms with Gasteiger partial charge in [-0.25, -0.2) is 9.97 Å². The van der Waals surface area contributed by atoms with Gasteiger partial charge >= 0.3 is 0 Å². The number of halogens is 2. The molecule has 7 heteroatoms. The van der Waals surface area contributed by atoms with E-state index < -0.39 is 0 Å². The number of benzene rings is 1. The van der Waals surface area contributed by atoms with Gasteiger partial charge in [-0.3, -0.25) is 0 Å². The first-order valence-corrected chi connectivity index (χ1v) is 7.03. The molecule has 0 amide bonds. The van der Waals surface area contributed by atoms with Crippen molar-refractivity contribution in [2.24, 2.45) is 0 Å². The first kappa shape index (κ1) is 14.6. The first-order chi connectivity index (χ1) is 9.65. The lowest BCUT2D eigenvalue weighted by Gasteiger charge is -2.12. The molecule has 5 nitrogen and oxygen atoms in total. The maximum Gasteiger partial charge on any atom is 0.150 e. The van der Waals surface area contributed by atoms with Gasteiger partial charge in [0.1, 0.15) is 22.4 Å². The number of nitrogens with one attached hydrogen (secondary N) is 2. The summed E-state index contributed by atoms with van der Waals surface area (Å²) in [6.45, 7) is 2.73. The summed E-state index contributed by atoms with van der Waals surface area (Å²) in [5, 5.41) is 15.6. The van der Waals surface area contributed by atoms with Crippen LogP contribution in [0.15, 0.2) is 29.0 Å². The van der Waals surface area contributed by atoms with Crippen molar-refractivity contribution in [2.75, 3.05) is 17.2 Å². The minimum atomic E-state index is 0.513. The van der Waals surface area contributed by atoms with E-state index in [0.29, 0.717) is 32.4 Å². The van der Waals surface area contributed by atoms with Gasteiger partial charge in [-0.2, -0.15) is 5.26 Å². The lowest BCUT2D eigenvalue weighted by molar-refractivity contribution is 1.10. The van der Waals surface area contributed by atoms with Gasteiger partial charge < -0.3 is 10.6 Å². The van der Waals surface area contributed by atoms with Crippen LogP contribution in [0.25, 0.3) is 0 Å². The van der Waals surface area contributed by atoms with Crippen molar-refractivity contribution >= 4 is 44.9 Å². The Morgan fingerprint density at radius 1 is 1.35 bits per heavy atom. The lowest BCUT2D eigenvalue weighted by atomic mass is 10.2. The molecule has 2 aromatic rings. The van der Waals surface area contributed by atoms with Gasteiger partial charge in [0.05, 0.1) is 22.3 Å². The highest BCUT2D eigenvalue weighted by Gasteiger charge is 2.10. The fourth-order valence-corrected chi connectivity index (χ4v) is 2.17. The predicted octanol–water partition coefficient (Wildman–Crippen LogP) is 3.94. The molecule has 1 aromatic carbocycles. The normalized spacial score (nSPS) is 9.90. The summed E-state index contributed by atoms with van der Waals surface area (Å²) in [5.74, 6) is 1.27. The molecule has 0 aliphatic carbocycles. The Hall–Kier alpha value is -1.84. The number of hydrogen-bond acceptors (Lipinski definition) is 5. The van der Waals surface area contributed by atoms with Gasteiger partial charge in [-0.15, -0.1) is 0 Å². The SMILES string of the molecule is CCNc1ncnc(Nc2cc(C#N)ccc2Cl)c1Br. The van der Waals surface area contributed by atoms with Crippen molar-refractivity contribution in [1.82, 2.24) is 9.97 Å². The topological polar surface area (TPSA) is 73.6 Å². The summed E-state index contributed by atoms with van der Waals surface area (Å²) in [6.07, 6.45) is 1.45. The molecule has 2 N–H and O–H groups in total. The van der Waals surface area contributed by atoms with Crippen LogP contribution in [0.4, 0.5) is 17.3 Å². The summed E-state index contributed by atoms with van der Waals surface area (Å²) in [5.41, 5.74) is 1.14. The largest absolute Gasteiger partial charge is 0.369 e. The molecule has 102 valence electrons. The Balaban J connectivity index is 2.35. The van der Waals surface area contributed by atoms with Crippen LogP contribution in [0.5, 0.6) is 0 Å². The second kappa shape index (κ2) is 6.55.